The molecule has 0 radical (unpaired) electrons. The van der Waals surface area contributed by atoms with Crippen LogP contribution in [0.1, 0.15) is 33.1 Å². The van der Waals surface area contributed by atoms with Gasteiger partial charge in [0, 0.05) is 17.2 Å². The van der Waals surface area contributed by atoms with E-state index in [-0.39, 0.29) is 9.79 Å². The molecule has 0 saturated carbocycles. The third-order valence-electron chi connectivity index (χ3n) is 2.90. The second-order valence-corrected chi connectivity index (χ2v) is 9.53. The van der Waals surface area contributed by atoms with Crippen molar-refractivity contribution in [3.05, 3.63) is 24.3 Å². The Kier molecular flexibility index (Phi) is 6.65. The molecule has 120 valence electrons. The summed E-state index contributed by atoms with van der Waals surface area (Å²) in [5, 5.41) is 0. The molecule has 0 unspecified atom stereocenters. The van der Waals surface area contributed by atoms with Crippen molar-refractivity contribution in [3.63, 3.8) is 0 Å². The van der Waals surface area contributed by atoms with Crippen LogP contribution in [0.15, 0.2) is 34.1 Å². The second-order valence-electron chi connectivity index (χ2n) is 5.20. The second kappa shape index (κ2) is 7.58. The van der Waals surface area contributed by atoms with Crippen LogP contribution in [0, 0.1) is 5.92 Å². The summed E-state index contributed by atoms with van der Waals surface area (Å²) in [7, 11) is -2.45. The maximum Gasteiger partial charge on any atom is 0.261 e. The van der Waals surface area contributed by atoms with E-state index in [1.54, 1.807) is 0 Å². The van der Waals surface area contributed by atoms with E-state index in [1.165, 1.54) is 18.2 Å². The number of rotatable bonds is 8. The first kappa shape index (κ1) is 18.4. The minimum atomic E-state index is -3.94. The Hall–Kier alpha value is -0.630. The largest absolute Gasteiger partial charge is 0.261 e. The van der Waals surface area contributed by atoms with E-state index in [2.05, 4.69) is 18.6 Å². The Morgan fingerprint density at radius 2 is 1.71 bits per heavy atom. The number of nitrogens with one attached hydrogen (secondary N) is 1. The zero-order valence-electron chi connectivity index (χ0n) is 12.0. The highest BCUT2D eigenvalue weighted by Gasteiger charge is 2.17. The Morgan fingerprint density at radius 3 is 2.29 bits per heavy atom. The van der Waals surface area contributed by atoms with Gasteiger partial charge in [-0.1, -0.05) is 32.8 Å². The number of halogens is 1. The van der Waals surface area contributed by atoms with E-state index in [0.717, 1.165) is 25.3 Å². The molecule has 0 saturated heterocycles. The average molecular weight is 354 g/mol. The molecule has 21 heavy (non-hydrogen) atoms. The van der Waals surface area contributed by atoms with Crippen LogP contribution in [0.3, 0.4) is 0 Å². The van der Waals surface area contributed by atoms with Gasteiger partial charge >= 0.3 is 0 Å². The Balaban J connectivity index is 2.71. The third-order valence-corrected chi connectivity index (χ3v) is 5.71. The molecule has 0 aliphatic rings. The Morgan fingerprint density at radius 1 is 1.10 bits per heavy atom. The van der Waals surface area contributed by atoms with Crippen molar-refractivity contribution in [1.29, 1.82) is 0 Å². The number of hydrogen-bond donors (Lipinski definition) is 1. The number of sulfonamides is 1. The van der Waals surface area contributed by atoms with Crippen molar-refractivity contribution in [2.45, 2.75) is 42.9 Å². The molecule has 0 atom stereocenters. The van der Waals surface area contributed by atoms with Gasteiger partial charge in [-0.3, -0.25) is 0 Å². The molecule has 0 amide bonds. The van der Waals surface area contributed by atoms with E-state index in [4.69, 9.17) is 10.7 Å². The maximum absolute atomic E-state index is 12.1. The molecule has 0 fully saturated rings. The lowest BCUT2D eigenvalue weighted by atomic mass is 10.1. The molecule has 1 rings (SSSR count). The van der Waals surface area contributed by atoms with Crippen LogP contribution in [-0.2, 0) is 19.1 Å². The van der Waals surface area contributed by atoms with Gasteiger partial charge in [0.2, 0.25) is 10.0 Å². The number of hydrogen-bond acceptors (Lipinski definition) is 4. The van der Waals surface area contributed by atoms with Gasteiger partial charge in [-0.05, 0) is 30.5 Å². The van der Waals surface area contributed by atoms with Crippen molar-refractivity contribution in [2.24, 2.45) is 5.92 Å². The van der Waals surface area contributed by atoms with Crippen molar-refractivity contribution in [3.8, 4) is 0 Å². The minimum Gasteiger partial charge on any atom is -0.211 e. The van der Waals surface area contributed by atoms with Gasteiger partial charge in [-0.25, -0.2) is 21.6 Å². The number of unbranched alkanes of at least 4 members (excludes halogenated alkanes) is 1. The molecule has 0 heterocycles. The molecule has 0 aromatic heterocycles. The third kappa shape index (κ3) is 6.34. The van der Waals surface area contributed by atoms with E-state index in [1.807, 2.05) is 0 Å². The fourth-order valence-electron chi connectivity index (χ4n) is 1.76. The topological polar surface area (TPSA) is 80.3 Å². The summed E-state index contributed by atoms with van der Waals surface area (Å²) in [4.78, 5) is -0.333. The summed E-state index contributed by atoms with van der Waals surface area (Å²) >= 11 is 0. The molecule has 1 aromatic carbocycles. The van der Waals surface area contributed by atoms with Gasteiger partial charge in [-0.2, -0.15) is 0 Å². The zero-order valence-corrected chi connectivity index (χ0v) is 14.4. The highest BCUT2D eigenvalue weighted by atomic mass is 35.7. The standard InChI is InChI=1S/C13H20ClNO4S2/c1-11(2)6-3-4-9-15-21(18,19)13-8-5-7-12(10-13)20(14,16)17/h5,7-8,10-11,15H,3-4,6,9H2,1-2H3. The summed E-state index contributed by atoms with van der Waals surface area (Å²) in [5.74, 6) is 0.590. The maximum atomic E-state index is 12.1. The normalized spacial score (nSPS) is 12.8. The molecule has 8 heteroatoms. The van der Waals surface area contributed by atoms with Crippen LogP contribution in [-0.4, -0.2) is 23.4 Å². The zero-order chi connectivity index (χ0) is 16.1. The molecular weight excluding hydrogens is 334 g/mol. The predicted octanol–water partition coefficient (Wildman–Crippen LogP) is 2.72. The minimum absolute atomic E-state index is 0.104. The molecular formula is C13H20ClNO4S2. The van der Waals surface area contributed by atoms with Crippen LogP contribution < -0.4 is 4.72 Å². The molecule has 1 N–H and O–H groups in total. The number of benzene rings is 1. The molecule has 0 spiro atoms. The Bertz CT molecular complexity index is 669. The first-order valence-electron chi connectivity index (χ1n) is 6.67. The smallest absolute Gasteiger partial charge is 0.211 e. The van der Waals surface area contributed by atoms with Crippen molar-refractivity contribution in [2.75, 3.05) is 6.54 Å². The molecule has 0 aliphatic carbocycles. The average Bonchev–Trinajstić information content (AvgIpc) is 2.37. The first-order valence-corrected chi connectivity index (χ1v) is 10.5. The van der Waals surface area contributed by atoms with Crippen LogP contribution >= 0.6 is 10.7 Å². The van der Waals surface area contributed by atoms with Crippen LogP contribution in [0.4, 0.5) is 0 Å². The fraction of sp³-hybridized carbons (Fsp3) is 0.538. The Labute approximate surface area is 131 Å². The first-order chi connectivity index (χ1) is 9.63. The summed E-state index contributed by atoms with van der Waals surface area (Å²) in [6, 6.07) is 4.99. The predicted molar refractivity (Wildman–Crippen MR) is 83.4 cm³/mol. The monoisotopic (exact) mass is 353 g/mol. The van der Waals surface area contributed by atoms with Crippen LogP contribution in [0.25, 0.3) is 0 Å². The van der Waals surface area contributed by atoms with Gasteiger partial charge in [0.25, 0.3) is 9.05 Å². The lowest BCUT2D eigenvalue weighted by Gasteiger charge is -2.08. The lowest BCUT2D eigenvalue weighted by Crippen LogP contribution is -2.25. The summed E-state index contributed by atoms with van der Waals surface area (Å²) in [6.07, 6.45) is 2.73. The quantitative estimate of drug-likeness (QED) is 0.575. The highest BCUT2D eigenvalue weighted by molar-refractivity contribution is 8.13. The molecule has 5 nitrogen and oxygen atoms in total. The van der Waals surface area contributed by atoms with E-state index in [9.17, 15) is 16.8 Å². The molecule has 0 bridgehead atoms. The van der Waals surface area contributed by atoms with E-state index in [0.29, 0.717) is 12.5 Å². The van der Waals surface area contributed by atoms with Gasteiger partial charge in [-0.15, -0.1) is 0 Å². The molecule has 1 aromatic rings. The van der Waals surface area contributed by atoms with Gasteiger partial charge in [0.15, 0.2) is 0 Å². The van der Waals surface area contributed by atoms with Crippen molar-refractivity contribution in [1.82, 2.24) is 4.72 Å². The van der Waals surface area contributed by atoms with Gasteiger partial charge in [0.1, 0.15) is 0 Å². The summed E-state index contributed by atoms with van der Waals surface area (Å²) in [6.45, 7) is 4.55. The van der Waals surface area contributed by atoms with E-state index >= 15 is 0 Å². The van der Waals surface area contributed by atoms with Crippen molar-refractivity contribution < 1.29 is 16.8 Å². The lowest BCUT2D eigenvalue weighted by molar-refractivity contribution is 0.530. The SMILES string of the molecule is CC(C)CCCCNS(=O)(=O)c1cccc(S(=O)(=O)Cl)c1. The van der Waals surface area contributed by atoms with E-state index < -0.39 is 19.1 Å². The van der Waals surface area contributed by atoms with Gasteiger partial charge < -0.3 is 0 Å². The van der Waals surface area contributed by atoms with Crippen molar-refractivity contribution >= 4 is 29.8 Å². The van der Waals surface area contributed by atoms with Gasteiger partial charge in [0.05, 0.1) is 9.79 Å². The van der Waals surface area contributed by atoms with Crippen LogP contribution in [0.5, 0.6) is 0 Å². The fourth-order valence-corrected chi connectivity index (χ4v) is 3.75. The summed E-state index contributed by atoms with van der Waals surface area (Å²) in [5.41, 5.74) is 0. The highest BCUT2D eigenvalue weighted by Crippen LogP contribution is 2.19. The summed E-state index contributed by atoms with van der Waals surface area (Å²) < 4.78 is 49.0. The van der Waals surface area contributed by atoms with Crippen LogP contribution in [0.2, 0.25) is 0 Å². The molecule has 0 aliphatic heterocycles.